The highest BCUT2D eigenvalue weighted by molar-refractivity contribution is 14.1. The van der Waals surface area contributed by atoms with Gasteiger partial charge in [-0.15, -0.1) is 11.3 Å². The monoisotopic (exact) mass is 422 g/mol. The average molecular weight is 423 g/mol. The zero-order valence-electron chi connectivity index (χ0n) is 8.99. The summed E-state index contributed by atoms with van der Waals surface area (Å²) in [5.74, 6) is 5.67. The molecule has 1 unspecified atom stereocenters. The molecule has 2 rings (SSSR count). The highest BCUT2D eigenvalue weighted by Crippen LogP contribution is 2.27. The van der Waals surface area contributed by atoms with Crippen molar-refractivity contribution >= 4 is 49.9 Å². The normalized spacial score (nSPS) is 12.6. The molecule has 1 atom stereocenters. The molecule has 2 nitrogen and oxygen atoms in total. The van der Waals surface area contributed by atoms with Crippen LogP contribution < -0.4 is 11.3 Å². The standard InChI is InChI=1S/C12H12BrIN2S/c13-8-5-9(17-7-8)6-12(16-15)10-3-1-2-4-11(10)14/h1-5,7,12,16H,6,15H2. The molecule has 2 aromatic rings. The number of nitrogens with one attached hydrogen (secondary N) is 1. The molecule has 1 aromatic heterocycles. The maximum atomic E-state index is 5.67. The second-order valence-corrected chi connectivity index (χ2v) is 6.75. The Morgan fingerprint density at radius 3 is 2.76 bits per heavy atom. The van der Waals surface area contributed by atoms with Crippen LogP contribution in [-0.2, 0) is 6.42 Å². The van der Waals surface area contributed by atoms with Gasteiger partial charge in [0.05, 0.1) is 6.04 Å². The Bertz CT molecular complexity index is 501. The van der Waals surface area contributed by atoms with Crippen LogP contribution in [0.1, 0.15) is 16.5 Å². The minimum Gasteiger partial charge on any atom is -0.271 e. The molecule has 0 aliphatic carbocycles. The number of hydrogen-bond donors (Lipinski definition) is 2. The molecule has 1 aromatic carbocycles. The zero-order valence-corrected chi connectivity index (χ0v) is 13.6. The van der Waals surface area contributed by atoms with Crippen molar-refractivity contribution in [3.8, 4) is 0 Å². The van der Waals surface area contributed by atoms with Crippen LogP contribution >= 0.6 is 49.9 Å². The van der Waals surface area contributed by atoms with Crippen LogP contribution in [0, 0.1) is 3.57 Å². The third-order valence-corrected chi connectivity index (χ3v) is 5.21. The summed E-state index contributed by atoms with van der Waals surface area (Å²) in [6, 6.07) is 10.6. The average Bonchev–Trinajstić information content (AvgIpc) is 2.73. The van der Waals surface area contributed by atoms with E-state index in [1.54, 1.807) is 11.3 Å². The van der Waals surface area contributed by atoms with Gasteiger partial charge < -0.3 is 0 Å². The van der Waals surface area contributed by atoms with Crippen molar-refractivity contribution < 1.29 is 0 Å². The van der Waals surface area contributed by atoms with Gasteiger partial charge in [-0.1, -0.05) is 18.2 Å². The van der Waals surface area contributed by atoms with Crippen molar-refractivity contribution in [2.24, 2.45) is 5.84 Å². The third kappa shape index (κ3) is 3.51. The molecule has 0 bridgehead atoms. The van der Waals surface area contributed by atoms with E-state index >= 15 is 0 Å². The van der Waals surface area contributed by atoms with E-state index in [4.69, 9.17) is 5.84 Å². The Hall–Kier alpha value is 0.0500. The van der Waals surface area contributed by atoms with Gasteiger partial charge in [-0.3, -0.25) is 11.3 Å². The molecular weight excluding hydrogens is 411 g/mol. The van der Waals surface area contributed by atoms with Gasteiger partial charge in [0, 0.05) is 24.7 Å². The van der Waals surface area contributed by atoms with Crippen molar-refractivity contribution in [1.82, 2.24) is 5.43 Å². The number of benzene rings is 1. The van der Waals surface area contributed by atoms with Crippen molar-refractivity contribution in [1.29, 1.82) is 0 Å². The van der Waals surface area contributed by atoms with Crippen molar-refractivity contribution in [2.75, 3.05) is 0 Å². The zero-order chi connectivity index (χ0) is 12.3. The van der Waals surface area contributed by atoms with E-state index in [0.29, 0.717) is 0 Å². The molecule has 0 saturated carbocycles. The Balaban J connectivity index is 2.20. The third-order valence-electron chi connectivity index (χ3n) is 2.51. The van der Waals surface area contributed by atoms with Crippen molar-refractivity contribution in [3.05, 3.63) is 54.2 Å². The first-order valence-electron chi connectivity index (χ1n) is 5.14. The van der Waals surface area contributed by atoms with E-state index in [-0.39, 0.29) is 6.04 Å². The maximum Gasteiger partial charge on any atom is 0.0518 e. The Kier molecular flexibility index (Phi) is 4.98. The first-order chi connectivity index (χ1) is 8.20. The maximum absolute atomic E-state index is 5.67. The molecule has 90 valence electrons. The second-order valence-electron chi connectivity index (χ2n) is 3.68. The predicted octanol–water partition coefficient (Wildman–Crippen LogP) is 3.86. The molecular formula is C12H12BrIN2S. The summed E-state index contributed by atoms with van der Waals surface area (Å²) in [4.78, 5) is 1.32. The van der Waals surface area contributed by atoms with Crippen LogP contribution in [0.15, 0.2) is 40.2 Å². The first-order valence-corrected chi connectivity index (χ1v) is 7.89. The number of thiophene rings is 1. The summed E-state index contributed by atoms with van der Waals surface area (Å²) in [6.07, 6.45) is 0.910. The lowest BCUT2D eigenvalue weighted by molar-refractivity contribution is 0.553. The molecule has 0 aliphatic heterocycles. The summed E-state index contributed by atoms with van der Waals surface area (Å²) < 4.78 is 2.37. The van der Waals surface area contributed by atoms with Gasteiger partial charge in [0.2, 0.25) is 0 Å². The molecule has 0 saturated heterocycles. The fourth-order valence-electron chi connectivity index (χ4n) is 1.68. The first kappa shape index (κ1) is 13.5. The second kappa shape index (κ2) is 6.29. The van der Waals surface area contributed by atoms with Gasteiger partial charge in [0.25, 0.3) is 0 Å². The minimum atomic E-state index is 0.161. The van der Waals surface area contributed by atoms with Crippen LogP contribution in [0.2, 0.25) is 0 Å². The molecule has 5 heteroatoms. The lowest BCUT2D eigenvalue weighted by Crippen LogP contribution is -2.29. The lowest BCUT2D eigenvalue weighted by atomic mass is 10.0. The van der Waals surface area contributed by atoms with Crippen molar-refractivity contribution in [2.45, 2.75) is 12.5 Å². The van der Waals surface area contributed by atoms with Gasteiger partial charge in [-0.2, -0.15) is 0 Å². The Labute approximate surface area is 127 Å². The van der Waals surface area contributed by atoms with E-state index in [2.05, 4.69) is 67.5 Å². The number of hydrogen-bond acceptors (Lipinski definition) is 3. The predicted molar refractivity (Wildman–Crippen MR) is 84.9 cm³/mol. The van der Waals surface area contributed by atoms with Gasteiger partial charge in [0.1, 0.15) is 0 Å². The Morgan fingerprint density at radius 1 is 1.41 bits per heavy atom. The Morgan fingerprint density at radius 2 is 2.18 bits per heavy atom. The van der Waals surface area contributed by atoms with E-state index in [1.807, 2.05) is 12.1 Å². The molecule has 1 heterocycles. The largest absolute Gasteiger partial charge is 0.271 e. The van der Waals surface area contributed by atoms with Crippen LogP contribution in [0.4, 0.5) is 0 Å². The summed E-state index contributed by atoms with van der Waals surface area (Å²) in [5.41, 5.74) is 4.15. The number of halogens is 2. The van der Waals surface area contributed by atoms with Gasteiger partial charge in [0.15, 0.2) is 0 Å². The van der Waals surface area contributed by atoms with Gasteiger partial charge in [-0.25, -0.2) is 0 Å². The van der Waals surface area contributed by atoms with E-state index in [9.17, 15) is 0 Å². The molecule has 0 fully saturated rings. The molecule has 0 amide bonds. The van der Waals surface area contributed by atoms with E-state index in [0.717, 1.165) is 10.9 Å². The molecule has 0 radical (unpaired) electrons. The fourth-order valence-corrected chi connectivity index (χ4v) is 3.94. The van der Waals surface area contributed by atoms with E-state index in [1.165, 1.54) is 14.0 Å². The quantitative estimate of drug-likeness (QED) is 0.446. The minimum absolute atomic E-state index is 0.161. The van der Waals surface area contributed by atoms with Crippen molar-refractivity contribution in [3.63, 3.8) is 0 Å². The highest BCUT2D eigenvalue weighted by Gasteiger charge is 2.14. The van der Waals surface area contributed by atoms with Crippen LogP contribution in [0.3, 0.4) is 0 Å². The van der Waals surface area contributed by atoms with Crippen LogP contribution in [-0.4, -0.2) is 0 Å². The van der Waals surface area contributed by atoms with Crippen LogP contribution in [0.25, 0.3) is 0 Å². The van der Waals surface area contributed by atoms with Gasteiger partial charge >= 0.3 is 0 Å². The molecule has 17 heavy (non-hydrogen) atoms. The number of hydrazine groups is 1. The number of nitrogens with two attached hydrogens (primary N) is 1. The summed E-state index contributed by atoms with van der Waals surface area (Å²) in [5, 5.41) is 2.10. The summed E-state index contributed by atoms with van der Waals surface area (Å²) >= 11 is 7.57. The topological polar surface area (TPSA) is 38.0 Å². The van der Waals surface area contributed by atoms with E-state index < -0.39 is 0 Å². The molecule has 3 N–H and O–H groups in total. The molecule has 0 aliphatic rings. The number of rotatable bonds is 4. The summed E-state index contributed by atoms with van der Waals surface area (Å²) in [6.45, 7) is 0. The smallest absolute Gasteiger partial charge is 0.0518 e. The fraction of sp³-hybridized carbons (Fsp3) is 0.167. The van der Waals surface area contributed by atoms with Crippen LogP contribution in [0.5, 0.6) is 0 Å². The lowest BCUT2D eigenvalue weighted by Gasteiger charge is -2.16. The summed E-state index contributed by atoms with van der Waals surface area (Å²) in [7, 11) is 0. The highest BCUT2D eigenvalue weighted by atomic mass is 127. The van der Waals surface area contributed by atoms with Gasteiger partial charge in [-0.05, 0) is 56.2 Å². The molecule has 0 spiro atoms. The SMILES string of the molecule is NNC(Cc1cc(Br)cs1)c1ccccc1I.